The van der Waals surface area contributed by atoms with Crippen LogP contribution in [-0.4, -0.2) is 21.7 Å². The summed E-state index contributed by atoms with van der Waals surface area (Å²) in [7, 11) is 0. The molecule has 1 aliphatic heterocycles. The van der Waals surface area contributed by atoms with E-state index in [1.54, 1.807) is 0 Å². The Bertz CT molecular complexity index is 868. The van der Waals surface area contributed by atoms with Gasteiger partial charge in [-0.3, -0.25) is 0 Å². The number of aryl methyl sites for hydroxylation is 2. The molecule has 0 atom stereocenters. The number of hydrogen-bond acceptors (Lipinski definition) is 5. The van der Waals surface area contributed by atoms with E-state index in [4.69, 9.17) is 16.1 Å². The lowest BCUT2D eigenvalue weighted by Crippen LogP contribution is -2.32. The number of halogens is 1. The quantitative estimate of drug-likeness (QED) is 0.706. The summed E-state index contributed by atoms with van der Waals surface area (Å²) in [6, 6.07) is 9.61. The van der Waals surface area contributed by atoms with Crippen molar-refractivity contribution in [2.45, 2.75) is 26.8 Å². The van der Waals surface area contributed by atoms with Gasteiger partial charge in [-0.05, 0) is 44.2 Å². The normalized spacial score (nSPS) is 13.9. The van der Waals surface area contributed by atoms with E-state index in [0.717, 1.165) is 52.9 Å². The maximum Gasteiger partial charge on any atom is 0.226 e. The van der Waals surface area contributed by atoms with Crippen molar-refractivity contribution < 1.29 is 4.52 Å². The SMILES string of the molecule is Cc1cc(C)nc(N2CCc3noc(-c4ccc(Cl)cc4)c3C2)n1. The largest absolute Gasteiger partial charge is 0.356 e. The first-order valence-electron chi connectivity index (χ1n) is 7.91. The van der Waals surface area contributed by atoms with Gasteiger partial charge in [0, 0.05) is 40.5 Å². The Hall–Kier alpha value is -2.40. The average molecular weight is 341 g/mol. The van der Waals surface area contributed by atoms with Gasteiger partial charge >= 0.3 is 0 Å². The molecule has 0 bridgehead atoms. The molecule has 0 N–H and O–H groups in total. The topological polar surface area (TPSA) is 55.1 Å². The van der Waals surface area contributed by atoms with E-state index in [9.17, 15) is 0 Å². The van der Waals surface area contributed by atoms with Crippen molar-refractivity contribution >= 4 is 17.5 Å². The van der Waals surface area contributed by atoms with Crippen molar-refractivity contribution in [3.8, 4) is 11.3 Å². The minimum absolute atomic E-state index is 0.694. The van der Waals surface area contributed by atoms with Crippen LogP contribution in [-0.2, 0) is 13.0 Å². The molecule has 122 valence electrons. The van der Waals surface area contributed by atoms with Crippen LogP contribution >= 0.6 is 11.6 Å². The number of nitrogens with zero attached hydrogens (tertiary/aromatic N) is 4. The predicted molar refractivity (Wildman–Crippen MR) is 93.2 cm³/mol. The monoisotopic (exact) mass is 340 g/mol. The van der Waals surface area contributed by atoms with Gasteiger partial charge in [-0.25, -0.2) is 9.97 Å². The molecule has 3 aromatic rings. The van der Waals surface area contributed by atoms with Crippen LogP contribution < -0.4 is 4.90 Å². The van der Waals surface area contributed by atoms with Crippen molar-refractivity contribution in [2.75, 3.05) is 11.4 Å². The summed E-state index contributed by atoms with van der Waals surface area (Å²) in [4.78, 5) is 11.3. The number of benzene rings is 1. The molecule has 1 aromatic carbocycles. The summed E-state index contributed by atoms with van der Waals surface area (Å²) < 4.78 is 5.61. The van der Waals surface area contributed by atoms with Crippen molar-refractivity contribution in [3.05, 3.63) is 58.0 Å². The smallest absolute Gasteiger partial charge is 0.226 e. The molecule has 0 amide bonds. The Balaban J connectivity index is 1.69. The first-order chi connectivity index (χ1) is 11.6. The van der Waals surface area contributed by atoms with Gasteiger partial charge < -0.3 is 9.42 Å². The fraction of sp³-hybridized carbons (Fsp3) is 0.278. The summed E-state index contributed by atoms with van der Waals surface area (Å²) >= 11 is 5.98. The van der Waals surface area contributed by atoms with Gasteiger partial charge in [0.15, 0.2) is 5.76 Å². The predicted octanol–water partition coefficient (Wildman–Crippen LogP) is 3.96. The van der Waals surface area contributed by atoms with Gasteiger partial charge in [-0.1, -0.05) is 16.8 Å². The van der Waals surface area contributed by atoms with E-state index < -0.39 is 0 Å². The standard InChI is InChI=1S/C18H17ClN4O/c1-11-9-12(2)21-18(20-11)23-8-7-16-15(10-23)17(24-22-16)13-3-5-14(19)6-4-13/h3-6,9H,7-8,10H2,1-2H3. The Morgan fingerprint density at radius 1 is 1.08 bits per heavy atom. The van der Waals surface area contributed by atoms with Crippen LogP contribution in [0.25, 0.3) is 11.3 Å². The molecule has 2 aromatic heterocycles. The number of rotatable bonds is 2. The van der Waals surface area contributed by atoms with E-state index in [2.05, 4.69) is 20.0 Å². The summed E-state index contributed by atoms with van der Waals surface area (Å²) in [5.41, 5.74) is 5.06. The Kier molecular flexibility index (Phi) is 3.73. The molecule has 3 heterocycles. The molecule has 6 heteroatoms. The maximum atomic E-state index is 5.98. The molecule has 0 aliphatic carbocycles. The van der Waals surface area contributed by atoms with E-state index in [1.807, 2.05) is 44.2 Å². The summed E-state index contributed by atoms with van der Waals surface area (Å²) in [6.07, 6.45) is 0.822. The van der Waals surface area contributed by atoms with Crippen LogP contribution in [0.1, 0.15) is 22.6 Å². The second-order valence-corrected chi connectivity index (χ2v) is 6.50. The molecule has 0 radical (unpaired) electrons. The van der Waals surface area contributed by atoms with Gasteiger partial charge in [-0.2, -0.15) is 0 Å². The Morgan fingerprint density at radius 2 is 1.79 bits per heavy atom. The minimum atomic E-state index is 0.694. The number of hydrogen-bond donors (Lipinski definition) is 0. The number of aromatic nitrogens is 3. The zero-order valence-corrected chi connectivity index (χ0v) is 14.3. The molecule has 24 heavy (non-hydrogen) atoms. The average Bonchev–Trinajstić information content (AvgIpc) is 2.98. The Morgan fingerprint density at radius 3 is 2.50 bits per heavy atom. The molecule has 0 saturated carbocycles. The van der Waals surface area contributed by atoms with E-state index in [1.165, 1.54) is 0 Å². The van der Waals surface area contributed by atoms with Crippen LogP contribution in [0, 0.1) is 13.8 Å². The third-order valence-electron chi connectivity index (χ3n) is 4.20. The molecule has 0 spiro atoms. The fourth-order valence-electron chi connectivity index (χ4n) is 3.06. The van der Waals surface area contributed by atoms with Crippen LogP contribution in [0.5, 0.6) is 0 Å². The molecule has 5 nitrogen and oxygen atoms in total. The third kappa shape index (κ3) is 2.76. The van der Waals surface area contributed by atoms with Gasteiger partial charge in [-0.15, -0.1) is 0 Å². The van der Waals surface area contributed by atoms with E-state index in [-0.39, 0.29) is 0 Å². The molecule has 0 unspecified atom stereocenters. The second-order valence-electron chi connectivity index (χ2n) is 6.07. The van der Waals surface area contributed by atoms with Crippen molar-refractivity contribution in [2.24, 2.45) is 0 Å². The highest BCUT2D eigenvalue weighted by atomic mass is 35.5. The summed E-state index contributed by atoms with van der Waals surface area (Å²) in [6.45, 7) is 5.51. The molecule has 0 saturated heterocycles. The molecule has 0 fully saturated rings. The van der Waals surface area contributed by atoms with Crippen molar-refractivity contribution in [3.63, 3.8) is 0 Å². The molecular weight excluding hydrogens is 324 g/mol. The summed E-state index contributed by atoms with van der Waals surface area (Å²) in [5, 5.41) is 4.95. The van der Waals surface area contributed by atoms with E-state index in [0.29, 0.717) is 11.6 Å². The number of fused-ring (bicyclic) bond motifs is 1. The molecule has 1 aliphatic rings. The zero-order valence-electron chi connectivity index (χ0n) is 13.6. The minimum Gasteiger partial charge on any atom is -0.356 e. The van der Waals surface area contributed by atoms with Crippen LogP contribution in [0.15, 0.2) is 34.9 Å². The highest BCUT2D eigenvalue weighted by Gasteiger charge is 2.26. The van der Waals surface area contributed by atoms with E-state index >= 15 is 0 Å². The maximum absolute atomic E-state index is 5.98. The van der Waals surface area contributed by atoms with Gasteiger partial charge in [0.2, 0.25) is 5.95 Å². The highest BCUT2D eigenvalue weighted by Crippen LogP contribution is 2.32. The first kappa shape index (κ1) is 15.1. The lowest BCUT2D eigenvalue weighted by atomic mass is 10.0. The van der Waals surface area contributed by atoms with Gasteiger partial charge in [0.1, 0.15) is 0 Å². The van der Waals surface area contributed by atoms with Crippen LogP contribution in [0.4, 0.5) is 5.95 Å². The zero-order chi connectivity index (χ0) is 16.7. The summed E-state index contributed by atoms with van der Waals surface area (Å²) in [5.74, 6) is 1.57. The van der Waals surface area contributed by atoms with Crippen LogP contribution in [0.3, 0.4) is 0 Å². The lowest BCUT2D eigenvalue weighted by Gasteiger charge is -2.26. The highest BCUT2D eigenvalue weighted by molar-refractivity contribution is 6.30. The van der Waals surface area contributed by atoms with Gasteiger partial charge in [0.05, 0.1) is 12.2 Å². The number of anilines is 1. The molecular formula is C18H17ClN4O. The second kappa shape index (κ2) is 5.91. The van der Waals surface area contributed by atoms with Gasteiger partial charge in [0.25, 0.3) is 0 Å². The first-order valence-corrected chi connectivity index (χ1v) is 8.28. The molecule has 4 rings (SSSR count). The fourth-order valence-corrected chi connectivity index (χ4v) is 3.19. The van der Waals surface area contributed by atoms with Crippen LogP contribution in [0.2, 0.25) is 5.02 Å². The third-order valence-corrected chi connectivity index (χ3v) is 4.45. The van der Waals surface area contributed by atoms with Crippen molar-refractivity contribution in [1.82, 2.24) is 15.1 Å². The Labute approximate surface area is 145 Å². The van der Waals surface area contributed by atoms with Crippen molar-refractivity contribution in [1.29, 1.82) is 0 Å². The lowest BCUT2D eigenvalue weighted by molar-refractivity contribution is 0.424.